The molecule has 1 rings (SSSR count). The molecule has 2 nitrogen and oxygen atoms in total. The van der Waals surface area contributed by atoms with Crippen LogP contribution in [-0.2, 0) is 0 Å². The zero-order chi connectivity index (χ0) is 8.27. The zero-order valence-corrected chi connectivity index (χ0v) is 7.93. The summed E-state index contributed by atoms with van der Waals surface area (Å²) in [6.07, 6.45) is 1.31. The van der Waals surface area contributed by atoms with Crippen molar-refractivity contribution in [1.29, 1.82) is 0 Å². The van der Waals surface area contributed by atoms with Crippen LogP contribution in [-0.4, -0.2) is 37.6 Å². The van der Waals surface area contributed by atoms with Gasteiger partial charge in [-0.2, -0.15) is 0 Å². The second-order valence-electron chi connectivity index (χ2n) is 3.55. The molecule has 1 saturated heterocycles. The summed E-state index contributed by atoms with van der Waals surface area (Å²) < 4.78 is 0. The molecule has 0 aromatic heterocycles. The number of nitrogens with zero attached hydrogens (tertiary/aromatic N) is 1. The first-order valence-electron chi connectivity index (χ1n) is 4.67. The van der Waals surface area contributed by atoms with Crippen molar-refractivity contribution in [3.63, 3.8) is 0 Å². The Labute approximate surface area is 70.0 Å². The van der Waals surface area contributed by atoms with Crippen LogP contribution in [0.5, 0.6) is 0 Å². The molecule has 0 unspecified atom stereocenters. The van der Waals surface area contributed by atoms with Gasteiger partial charge in [-0.1, -0.05) is 13.8 Å². The van der Waals surface area contributed by atoms with Crippen LogP contribution in [0.1, 0.15) is 20.3 Å². The van der Waals surface area contributed by atoms with Gasteiger partial charge in [-0.05, 0) is 32.5 Å². The van der Waals surface area contributed by atoms with Crippen LogP contribution in [0.15, 0.2) is 0 Å². The molecule has 0 spiro atoms. The molecule has 2 heteroatoms. The molecular formula is C9H20N2. The topological polar surface area (TPSA) is 15.3 Å². The lowest BCUT2D eigenvalue weighted by Crippen LogP contribution is -2.46. The second-order valence-corrected chi connectivity index (χ2v) is 3.55. The van der Waals surface area contributed by atoms with E-state index in [-0.39, 0.29) is 0 Å². The summed E-state index contributed by atoms with van der Waals surface area (Å²) >= 11 is 0. The summed E-state index contributed by atoms with van der Waals surface area (Å²) in [4.78, 5) is 2.53. The van der Waals surface area contributed by atoms with Crippen molar-refractivity contribution in [3.8, 4) is 0 Å². The van der Waals surface area contributed by atoms with Gasteiger partial charge in [-0.15, -0.1) is 0 Å². The molecule has 1 heterocycles. The van der Waals surface area contributed by atoms with E-state index in [2.05, 4.69) is 31.1 Å². The average Bonchev–Trinajstić information content (AvgIpc) is 2.04. The molecule has 1 N–H and O–H groups in total. The first-order chi connectivity index (χ1) is 5.27. The molecule has 1 fully saturated rings. The van der Waals surface area contributed by atoms with E-state index in [1.807, 2.05) is 0 Å². The second kappa shape index (κ2) is 4.07. The Morgan fingerprint density at radius 3 is 2.73 bits per heavy atom. The van der Waals surface area contributed by atoms with Gasteiger partial charge in [0.25, 0.3) is 0 Å². The lowest BCUT2D eigenvalue weighted by molar-refractivity contribution is 0.158. The molecule has 0 saturated carbocycles. The Bertz CT molecular complexity index is 114. The monoisotopic (exact) mass is 156 g/mol. The summed E-state index contributed by atoms with van der Waals surface area (Å²) in [7, 11) is 2.07. The van der Waals surface area contributed by atoms with E-state index in [4.69, 9.17) is 0 Å². The highest BCUT2D eigenvalue weighted by atomic mass is 15.1. The molecule has 1 aliphatic rings. The largest absolute Gasteiger partial charge is 0.317 e. The number of hydrogen-bond acceptors (Lipinski definition) is 2. The average molecular weight is 156 g/mol. The SMILES string of the molecule is CCN1CC[C@H](NC)[C@@H](C)C1. The normalized spacial score (nSPS) is 34.1. The highest BCUT2D eigenvalue weighted by Gasteiger charge is 2.23. The lowest BCUT2D eigenvalue weighted by Gasteiger charge is -2.36. The van der Waals surface area contributed by atoms with Crippen molar-refractivity contribution >= 4 is 0 Å². The van der Waals surface area contributed by atoms with Gasteiger partial charge < -0.3 is 10.2 Å². The summed E-state index contributed by atoms with van der Waals surface area (Å²) in [6, 6.07) is 0.748. The van der Waals surface area contributed by atoms with E-state index in [0.29, 0.717) is 0 Å². The molecule has 0 aliphatic carbocycles. The van der Waals surface area contributed by atoms with Gasteiger partial charge in [-0.3, -0.25) is 0 Å². The van der Waals surface area contributed by atoms with Crippen molar-refractivity contribution in [2.75, 3.05) is 26.7 Å². The smallest absolute Gasteiger partial charge is 0.0114 e. The molecule has 0 aromatic rings. The van der Waals surface area contributed by atoms with E-state index < -0.39 is 0 Å². The highest BCUT2D eigenvalue weighted by Crippen LogP contribution is 2.15. The maximum absolute atomic E-state index is 3.37. The molecule has 0 bridgehead atoms. The highest BCUT2D eigenvalue weighted by molar-refractivity contribution is 4.80. The minimum atomic E-state index is 0.748. The van der Waals surface area contributed by atoms with Crippen molar-refractivity contribution in [1.82, 2.24) is 10.2 Å². The molecule has 1 aliphatic heterocycles. The van der Waals surface area contributed by atoms with Gasteiger partial charge in [0.2, 0.25) is 0 Å². The van der Waals surface area contributed by atoms with Gasteiger partial charge in [0.05, 0.1) is 0 Å². The number of likely N-dealkylation sites (tertiary alicyclic amines) is 1. The summed E-state index contributed by atoms with van der Waals surface area (Å²) in [6.45, 7) is 8.32. The van der Waals surface area contributed by atoms with Crippen LogP contribution in [0, 0.1) is 5.92 Å². The van der Waals surface area contributed by atoms with Crippen molar-refractivity contribution in [2.45, 2.75) is 26.3 Å². The molecule has 0 amide bonds. The standard InChI is InChI=1S/C9H20N2/c1-4-11-6-5-9(10-3)8(2)7-11/h8-10H,4-7H2,1-3H3/t8-,9-/m0/s1. The third kappa shape index (κ3) is 2.17. The molecule has 11 heavy (non-hydrogen) atoms. The Morgan fingerprint density at radius 2 is 2.27 bits per heavy atom. The van der Waals surface area contributed by atoms with E-state index in [1.54, 1.807) is 0 Å². The first kappa shape index (κ1) is 9.01. The fraction of sp³-hybridized carbons (Fsp3) is 1.00. The lowest BCUT2D eigenvalue weighted by atomic mass is 9.94. The van der Waals surface area contributed by atoms with Crippen LogP contribution in [0.25, 0.3) is 0 Å². The number of piperidine rings is 1. The summed E-state index contributed by atoms with van der Waals surface area (Å²) in [5, 5.41) is 3.37. The van der Waals surface area contributed by atoms with Crippen LogP contribution in [0.2, 0.25) is 0 Å². The van der Waals surface area contributed by atoms with Crippen molar-refractivity contribution < 1.29 is 0 Å². The van der Waals surface area contributed by atoms with Gasteiger partial charge >= 0.3 is 0 Å². The Kier molecular flexibility index (Phi) is 3.34. The van der Waals surface area contributed by atoms with E-state index in [0.717, 1.165) is 12.0 Å². The molecule has 0 radical (unpaired) electrons. The maximum atomic E-state index is 3.37. The van der Waals surface area contributed by atoms with Crippen molar-refractivity contribution in [3.05, 3.63) is 0 Å². The van der Waals surface area contributed by atoms with Crippen LogP contribution in [0.4, 0.5) is 0 Å². The summed E-state index contributed by atoms with van der Waals surface area (Å²) in [5.41, 5.74) is 0. The fourth-order valence-electron chi connectivity index (χ4n) is 1.95. The Balaban J connectivity index is 2.34. The van der Waals surface area contributed by atoms with Gasteiger partial charge in [0.15, 0.2) is 0 Å². The third-order valence-electron chi connectivity index (χ3n) is 2.81. The number of rotatable bonds is 2. The van der Waals surface area contributed by atoms with Crippen molar-refractivity contribution in [2.24, 2.45) is 5.92 Å². The predicted molar refractivity (Wildman–Crippen MR) is 48.7 cm³/mol. The minimum Gasteiger partial charge on any atom is -0.317 e. The minimum absolute atomic E-state index is 0.748. The predicted octanol–water partition coefficient (Wildman–Crippen LogP) is 0.936. The van der Waals surface area contributed by atoms with E-state index >= 15 is 0 Å². The Hall–Kier alpha value is -0.0800. The van der Waals surface area contributed by atoms with Gasteiger partial charge in [-0.25, -0.2) is 0 Å². The van der Waals surface area contributed by atoms with Gasteiger partial charge in [0, 0.05) is 12.6 Å². The first-order valence-corrected chi connectivity index (χ1v) is 4.67. The molecule has 2 atom stereocenters. The van der Waals surface area contributed by atoms with Crippen LogP contribution < -0.4 is 5.32 Å². The molecular weight excluding hydrogens is 136 g/mol. The zero-order valence-electron chi connectivity index (χ0n) is 7.93. The molecule has 0 aromatic carbocycles. The van der Waals surface area contributed by atoms with Crippen LogP contribution >= 0.6 is 0 Å². The van der Waals surface area contributed by atoms with Gasteiger partial charge in [0.1, 0.15) is 0 Å². The summed E-state index contributed by atoms with van der Waals surface area (Å²) in [5.74, 6) is 0.814. The molecule has 66 valence electrons. The quantitative estimate of drug-likeness (QED) is 0.640. The Morgan fingerprint density at radius 1 is 1.55 bits per heavy atom. The van der Waals surface area contributed by atoms with E-state index in [9.17, 15) is 0 Å². The number of nitrogens with one attached hydrogen (secondary N) is 1. The van der Waals surface area contributed by atoms with Crippen LogP contribution in [0.3, 0.4) is 0 Å². The fourth-order valence-corrected chi connectivity index (χ4v) is 1.95. The third-order valence-corrected chi connectivity index (χ3v) is 2.81. The maximum Gasteiger partial charge on any atom is 0.0114 e. The van der Waals surface area contributed by atoms with E-state index in [1.165, 1.54) is 26.1 Å². The number of hydrogen-bond donors (Lipinski definition) is 1.